The van der Waals surface area contributed by atoms with E-state index in [1.165, 1.54) is 10.9 Å². The molecular weight excluding hydrogens is 260 g/mol. The number of nitrogens with one attached hydrogen (secondary N) is 2. The Balaban J connectivity index is 2.33. The van der Waals surface area contributed by atoms with Crippen LogP contribution in [0.5, 0.6) is 0 Å². The summed E-state index contributed by atoms with van der Waals surface area (Å²) in [5.41, 5.74) is 2.51. The van der Waals surface area contributed by atoms with Gasteiger partial charge in [0.15, 0.2) is 5.69 Å². The third-order valence-corrected chi connectivity index (χ3v) is 2.86. The second-order valence-corrected chi connectivity index (χ2v) is 4.03. The Bertz CT molecular complexity index is 836. The molecule has 0 bridgehead atoms. The number of nitrogen functional groups attached to an aromatic ring is 1. The molecule has 0 spiro atoms. The molecular formula is C12H10N6O2. The Kier molecular flexibility index (Phi) is 2.77. The van der Waals surface area contributed by atoms with E-state index >= 15 is 0 Å². The minimum absolute atomic E-state index is 0.0179. The van der Waals surface area contributed by atoms with Crippen molar-refractivity contribution in [2.24, 2.45) is 5.84 Å². The molecule has 0 aliphatic carbocycles. The summed E-state index contributed by atoms with van der Waals surface area (Å²) in [5.74, 6) is 4.49. The molecule has 0 saturated heterocycles. The van der Waals surface area contributed by atoms with Gasteiger partial charge in [0.25, 0.3) is 11.5 Å². The van der Waals surface area contributed by atoms with Crippen molar-refractivity contribution in [1.82, 2.24) is 25.4 Å². The van der Waals surface area contributed by atoms with Crippen LogP contribution in [0.25, 0.3) is 16.6 Å². The lowest BCUT2D eigenvalue weighted by Gasteiger charge is -2.03. The Morgan fingerprint density at radius 1 is 1.30 bits per heavy atom. The van der Waals surface area contributed by atoms with Crippen molar-refractivity contribution in [3.63, 3.8) is 0 Å². The number of amides is 1. The number of rotatable bonds is 2. The number of hydrogen-bond acceptors (Lipinski definition) is 5. The Hall–Kier alpha value is -3.00. The summed E-state index contributed by atoms with van der Waals surface area (Å²) in [5, 5.41) is 10.4. The van der Waals surface area contributed by atoms with Gasteiger partial charge in [-0.05, 0) is 12.1 Å². The summed E-state index contributed by atoms with van der Waals surface area (Å²) in [6, 6.07) is 9.11. The summed E-state index contributed by atoms with van der Waals surface area (Å²) < 4.78 is 1.45. The molecule has 4 N–H and O–H groups in total. The topological polar surface area (TPSA) is 119 Å². The molecule has 0 fully saturated rings. The number of hydrogen-bond donors (Lipinski definition) is 3. The molecule has 0 aliphatic rings. The standard InChI is InChI=1S/C12H10N6O2/c13-15-11(19)9-8-6-14-18(7-4-2-1-3-5-7)10(8)12(20)17-16-9/h1-6H,13H2,(H,15,19)(H,17,20). The molecule has 0 saturated carbocycles. The number of nitrogens with zero attached hydrogens (tertiary/aromatic N) is 3. The summed E-state index contributed by atoms with van der Waals surface area (Å²) >= 11 is 0. The van der Waals surface area contributed by atoms with Gasteiger partial charge < -0.3 is 0 Å². The lowest BCUT2D eigenvalue weighted by atomic mass is 10.2. The first-order valence-corrected chi connectivity index (χ1v) is 5.75. The van der Waals surface area contributed by atoms with Crippen molar-refractivity contribution in [2.45, 2.75) is 0 Å². The van der Waals surface area contributed by atoms with Crippen LogP contribution in [0.15, 0.2) is 41.3 Å². The first-order chi connectivity index (χ1) is 9.72. The van der Waals surface area contributed by atoms with Crippen molar-refractivity contribution in [3.05, 3.63) is 52.6 Å². The number of carbonyl (C=O) groups excluding carboxylic acids is 1. The molecule has 0 unspecified atom stereocenters. The van der Waals surface area contributed by atoms with Gasteiger partial charge in [-0.15, -0.1) is 0 Å². The molecule has 0 atom stereocenters. The zero-order valence-corrected chi connectivity index (χ0v) is 10.2. The lowest BCUT2D eigenvalue weighted by molar-refractivity contribution is 0.0949. The highest BCUT2D eigenvalue weighted by Gasteiger charge is 2.17. The SMILES string of the molecule is NNC(=O)c1n[nH]c(=O)c2c1cnn2-c1ccccc1. The maximum atomic E-state index is 12.0. The summed E-state index contributed by atoms with van der Waals surface area (Å²) in [7, 11) is 0. The van der Waals surface area contributed by atoms with Crippen LogP contribution in [-0.4, -0.2) is 25.9 Å². The fourth-order valence-electron chi connectivity index (χ4n) is 1.97. The third-order valence-electron chi connectivity index (χ3n) is 2.86. The van der Waals surface area contributed by atoms with Crippen LogP contribution in [-0.2, 0) is 0 Å². The van der Waals surface area contributed by atoms with E-state index in [9.17, 15) is 9.59 Å². The molecule has 1 aromatic carbocycles. The number of hydrazine groups is 1. The highest BCUT2D eigenvalue weighted by Crippen LogP contribution is 2.16. The van der Waals surface area contributed by atoms with Gasteiger partial charge in [-0.2, -0.15) is 10.2 Å². The number of benzene rings is 1. The monoisotopic (exact) mass is 270 g/mol. The average Bonchev–Trinajstić information content (AvgIpc) is 2.93. The molecule has 2 heterocycles. The first-order valence-electron chi connectivity index (χ1n) is 5.75. The zero-order chi connectivity index (χ0) is 14.1. The number of H-pyrrole nitrogens is 1. The molecule has 8 nitrogen and oxygen atoms in total. The Morgan fingerprint density at radius 3 is 2.75 bits per heavy atom. The molecule has 100 valence electrons. The van der Waals surface area contributed by atoms with Crippen molar-refractivity contribution in [1.29, 1.82) is 0 Å². The second kappa shape index (κ2) is 4.59. The van der Waals surface area contributed by atoms with Crippen LogP contribution >= 0.6 is 0 Å². The molecule has 20 heavy (non-hydrogen) atoms. The zero-order valence-electron chi connectivity index (χ0n) is 10.2. The van der Waals surface area contributed by atoms with Crippen molar-refractivity contribution >= 4 is 16.8 Å². The van der Waals surface area contributed by atoms with E-state index in [2.05, 4.69) is 15.3 Å². The van der Waals surface area contributed by atoms with Crippen molar-refractivity contribution < 1.29 is 4.79 Å². The van der Waals surface area contributed by atoms with Crippen LogP contribution < -0.4 is 16.8 Å². The fraction of sp³-hybridized carbons (Fsp3) is 0. The van der Waals surface area contributed by atoms with Gasteiger partial charge in [-0.25, -0.2) is 15.6 Å². The maximum absolute atomic E-state index is 12.0. The van der Waals surface area contributed by atoms with Crippen LogP contribution in [0, 0.1) is 0 Å². The van der Waals surface area contributed by atoms with Crippen LogP contribution in [0.3, 0.4) is 0 Å². The van der Waals surface area contributed by atoms with Gasteiger partial charge in [0.1, 0.15) is 5.52 Å². The molecule has 0 aliphatic heterocycles. The highest BCUT2D eigenvalue weighted by atomic mass is 16.2. The van der Waals surface area contributed by atoms with Gasteiger partial charge >= 0.3 is 0 Å². The van der Waals surface area contributed by atoms with E-state index in [-0.39, 0.29) is 11.2 Å². The second-order valence-electron chi connectivity index (χ2n) is 4.03. The number of para-hydroxylation sites is 1. The minimum Gasteiger partial charge on any atom is -0.289 e. The third kappa shape index (κ3) is 1.75. The molecule has 3 aromatic rings. The highest BCUT2D eigenvalue weighted by molar-refractivity contribution is 6.03. The summed E-state index contributed by atoms with van der Waals surface area (Å²) in [6.07, 6.45) is 1.41. The largest absolute Gasteiger partial charge is 0.290 e. The molecule has 8 heteroatoms. The van der Waals surface area contributed by atoms with Crippen LogP contribution in [0.2, 0.25) is 0 Å². The normalized spacial score (nSPS) is 10.7. The van der Waals surface area contributed by atoms with E-state index in [1.807, 2.05) is 23.6 Å². The van der Waals surface area contributed by atoms with Gasteiger partial charge in [0, 0.05) is 0 Å². The van der Waals surface area contributed by atoms with Crippen LogP contribution in [0.4, 0.5) is 0 Å². The van der Waals surface area contributed by atoms with E-state index in [0.717, 1.165) is 0 Å². The number of fused-ring (bicyclic) bond motifs is 1. The number of carbonyl (C=O) groups is 1. The van der Waals surface area contributed by atoms with Crippen molar-refractivity contribution in [3.8, 4) is 5.69 Å². The number of aromatic nitrogens is 4. The van der Waals surface area contributed by atoms with Gasteiger partial charge in [-0.1, -0.05) is 18.2 Å². The Morgan fingerprint density at radius 2 is 2.05 bits per heavy atom. The van der Waals surface area contributed by atoms with Gasteiger partial charge in [0.05, 0.1) is 17.3 Å². The van der Waals surface area contributed by atoms with Gasteiger partial charge in [-0.3, -0.25) is 15.0 Å². The van der Waals surface area contributed by atoms with Gasteiger partial charge in [0.2, 0.25) is 0 Å². The minimum atomic E-state index is -0.598. The van der Waals surface area contributed by atoms with E-state index in [4.69, 9.17) is 5.84 Å². The molecule has 1 amide bonds. The maximum Gasteiger partial charge on any atom is 0.290 e. The summed E-state index contributed by atoms with van der Waals surface area (Å²) in [6.45, 7) is 0. The molecule has 2 aromatic heterocycles. The van der Waals surface area contributed by atoms with E-state index in [1.54, 1.807) is 12.1 Å². The predicted molar refractivity (Wildman–Crippen MR) is 71.1 cm³/mol. The summed E-state index contributed by atoms with van der Waals surface area (Å²) in [4.78, 5) is 23.6. The number of aromatic amines is 1. The van der Waals surface area contributed by atoms with Crippen molar-refractivity contribution in [2.75, 3.05) is 0 Å². The Labute approximate surface area is 112 Å². The molecule has 0 radical (unpaired) electrons. The fourth-order valence-corrected chi connectivity index (χ4v) is 1.97. The van der Waals surface area contributed by atoms with E-state index < -0.39 is 11.5 Å². The predicted octanol–water partition coefficient (Wildman–Crippen LogP) is -0.288. The van der Waals surface area contributed by atoms with Crippen LogP contribution in [0.1, 0.15) is 10.5 Å². The van der Waals surface area contributed by atoms with E-state index in [0.29, 0.717) is 11.1 Å². The lowest BCUT2D eigenvalue weighted by Crippen LogP contribution is -2.32. The first kappa shape index (κ1) is 12.1. The average molecular weight is 270 g/mol. The smallest absolute Gasteiger partial charge is 0.289 e. The quantitative estimate of drug-likeness (QED) is 0.336. The molecule has 3 rings (SSSR count). The number of nitrogens with two attached hydrogens (primary N) is 1.